The highest BCUT2D eigenvalue weighted by Gasteiger charge is 2.31. The van der Waals surface area contributed by atoms with Crippen molar-refractivity contribution in [1.29, 1.82) is 0 Å². The lowest BCUT2D eigenvalue weighted by molar-refractivity contribution is -0.384. The van der Waals surface area contributed by atoms with Gasteiger partial charge in [-0.1, -0.05) is 0 Å². The summed E-state index contributed by atoms with van der Waals surface area (Å²) in [7, 11) is 0. The molecule has 0 saturated carbocycles. The average Bonchev–Trinajstić information content (AvgIpc) is 3.06. The third kappa shape index (κ3) is 4.64. The van der Waals surface area contributed by atoms with Gasteiger partial charge in [0.1, 0.15) is 6.61 Å². The van der Waals surface area contributed by atoms with Crippen LogP contribution in [0.1, 0.15) is 24.8 Å². The lowest BCUT2D eigenvalue weighted by atomic mass is 10.0. The monoisotopic (exact) mass is 365 g/mol. The van der Waals surface area contributed by atoms with Crippen molar-refractivity contribution in [3.8, 4) is 0 Å². The van der Waals surface area contributed by atoms with Gasteiger partial charge in [0.2, 0.25) is 0 Å². The van der Waals surface area contributed by atoms with Crippen LogP contribution in [0, 0.1) is 10.1 Å². The predicted octanol–water partition coefficient (Wildman–Crippen LogP) is 2.70. The van der Waals surface area contributed by atoms with Gasteiger partial charge in [-0.3, -0.25) is 15.0 Å². The number of nitro benzene ring substituents is 1. The van der Waals surface area contributed by atoms with Crippen molar-refractivity contribution >= 4 is 24.4 Å². The number of nitrogens with zero attached hydrogens (tertiary/aromatic N) is 3. The minimum Gasteiger partial charge on any atom is -0.445 e. The van der Waals surface area contributed by atoms with Crippen molar-refractivity contribution in [3.05, 3.63) is 39.9 Å². The van der Waals surface area contributed by atoms with E-state index < -0.39 is 4.92 Å². The van der Waals surface area contributed by atoms with Crippen molar-refractivity contribution in [2.24, 2.45) is 0 Å². The van der Waals surface area contributed by atoms with Gasteiger partial charge in [-0.15, -0.1) is 0 Å². The zero-order chi connectivity index (χ0) is 17.8. The molecule has 1 aromatic carbocycles. The number of amides is 1. The number of benzene rings is 1. The molecule has 0 bridgehead atoms. The van der Waals surface area contributed by atoms with Gasteiger partial charge in [0.25, 0.3) is 5.69 Å². The highest BCUT2D eigenvalue weighted by Crippen LogP contribution is 2.24. The Labute approximate surface area is 152 Å². The smallest absolute Gasteiger partial charge is 0.410 e. The summed E-state index contributed by atoms with van der Waals surface area (Å²) >= 11 is 4.54. The highest BCUT2D eigenvalue weighted by atomic mass is 32.1. The molecule has 8 heteroatoms. The Morgan fingerprint density at radius 2 is 1.88 bits per heavy atom. The first-order chi connectivity index (χ1) is 12.0. The van der Waals surface area contributed by atoms with Crippen LogP contribution < -0.4 is 0 Å². The van der Waals surface area contributed by atoms with Crippen LogP contribution in [0.2, 0.25) is 0 Å². The molecule has 2 aliphatic heterocycles. The quantitative estimate of drug-likeness (QED) is 0.504. The fraction of sp³-hybridized carbons (Fsp3) is 0.588. The van der Waals surface area contributed by atoms with Crippen molar-refractivity contribution < 1.29 is 14.5 Å². The Bertz CT molecular complexity index is 617. The summed E-state index contributed by atoms with van der Waals surface area (Å²) < 4.78 is 5.34. The van der Waals surface area contributed by atoms with Crippen LogP contribution in [-0.4, -0.2) is 58.3 Å². The van der Waals surface area contributed by atoms with Crippen LogP contribution in [0.25, 0.3) is 0 Å². The van der Waals surface area contributed by atoms with E-state index in [1.807, 2.05) is 0 Å². The van der Waals surface area contributed by atoms with Gasteiger partial charge in [-0.05, 0) is 43.5 Å². The molecule has 0 radical (unpaired) electrons. The van der Waals surface area contributed by atoms with Crippen LogP contribution in [-0.2, 0) is 11.3 Å². The molecule has 2 aliphatic rings. The van der Waals surface area contributed by atoms with Gasteiger partial charge in [-0.25, -0.2) is 4.79 Å². The Balaban J connectivity index is 1.42. The first kappa shape index (κ1) is 18.0. The fourth-order valence-corrected chi connectivity index (χ4v) is 3.79. The Morgan fingerprint density at radius 3 is 2.44 bits per heavy atom. The number of hydrogen-bond donors (Lipinski definition) is 1. The van der Waals surface area contributed by atoms with E-state index in [0.29, 0.717) is 24.4 Å². The van der Waals surface area contributed by atoms with Crippen molar-refractivity contribution in [2.45, 2.75) is 37.2 Å². The maximum absolute atomic E-state index is 12.2. The molecule has 1 atom stereocenters. The van der Waals surface area contributed by atoms with Gasteiger partial charge in [-0.2, -0.15) is 12.6 Å². The summed E-state index contributed by atoms with van der Waals surface area (Å²) in [6.45, 7) is 3.68. The molecular weight excluding hydrogens is 342 g/mol. The number of carbonyl (C=O) groups excluding carboxylic acids is 1. The number of carbonyl (C=O) groups is 1. The van der Waals surface area contributed by atoms with Crippen LogP contribution in [0.3, 0.4) is 0 Å². The van der Waals surface area contributed by atoms with E-state index in [1.165, 1.54) is 12.1 Å². The summed E-state index contributed by atoms with van der Waals surface area (Å²) in [5.41, 5.74) is 0.772. The van der Waals surface area contributed by atoms with Crippen LogP contribution in [0.4, 0.5) is 10.5 Å². The molecule has 2 fully saturated rings. The summed E-state index contributed by atoms with van der Waals surface area (Å²) in [5, 5.41) is 11.1. The van der Waals surface area contributed by atoms with E-state index in [4.69, 9.17) is 4.74 Å². The third-order valence-corrected chi connectivity index (χ3v) is 5.36. The summed E-state index contributed by atoms with van der Waals surface area (Å²) in [6.07, 6.45) is 2.76. The van der Waals surface area contributed by atoms with E-state index in [1.54, 1.807) is 17.0 Å². The molecular formula is C17H23N3O4S. The number of thiol groups is 1. The maximum Gasteiger partial charge on any atom is 0.410 e. The first-order valence-electron chi connectivity index (χ1n) is 8.60. The second-order valence-corrected chi connectivity index (χ2v) is 7.36. The number of piperidine rings is 1. The Kier molecular flexibility index (Phi) is 5.80. The second-order valence-electron chi connectivity index (χ2n) is 6.63. The summed E-state index contributed by atoms with van der Waals surface area (Å²) in [5.74, 6) is 0. The van der Waals surface area contributed by atoms with Gasteiger partial charge in [0, 0.05) is 43.1 Å². The molecule has 0 aromatic heterocycles. The molecule has 25 heavy (non-hydrogen) atoms. The molecule has 3 rings (SSSR count). The van der Waals surface area contributed by atoms with Gasteiger partial charge < -0.3 is 9.64 Å². The molecule has 136 valence electrons. The third-order valence-electron chi connectivity index (χ3n) is 4.94. The lowest BCUT2D eigenvalue weighted by Gasteiger charge is -2.36. The normalized spacial score (nSPS) is 22.1. The number of hydrogen-bond acceptors (Lipinski definition) is 6. The maximum atomic E-state index is 12.2. The average molecular weight is 365 g/mol. The molecule has 0 unspecified atom stereocenters. The number of non-ortho nitro benzene ring substituents is 1. The van der Waals surface area contributed by atoms with E-state index in [9.17, 15) is 14.9 Å². The molecule has 1 aromatic rings. The van der Waals surface area contributed by atoms with E-state index in [-0.39, 0.29) is 18.4 Å². The standard InChI is InChI=1S/C17H23N3O4S/c21-17(24-12-13-1-3-15(4-2-13)20(22)23)18-8-5-14(6-9-18)19-10-7-16(25)11-19/h1-4,14,16,25H,5-12H2/t16-/m1/s1. The van der Waals surface area contributed by atoms with Gasteiger partial charge in [0.15, 0.2) is 0 Å². The number of nitro groups is 1. The zero-order valence-corrected chi connectivity index (χ0v) is 14.9. The molecule has 2 heterocycles. The number of ether oxygens (including phenoxy) is 1. The van der Waals surface area contributed by atoms with E-state index in [0.717, 1.165) is 37.9 Å². The van der Waals surface area contributed by atoms with Gasteiger partial charge >= 0.3 is 6.09 Å². The minimum atomic E-state index is -0.448. The molecule has 2 saturated heterocycles. The lowest BCUT2D eigenvalue weighted by Crippen LogP contribution is -2.46. The topological polar surface area (TPSA) is 75.9 Å². The van der Waals surface area contributed by atoms with Crippen LogP contribution >= 0.6 is 12.6 Å². The van der Waals surface area contributed by atoms with Crippen molar-refractivity contribution in [2.75, 3.05) is 26.2 Å². The minimum absolute atomic E-state index is 0.0301. The van der Waals surface area contributed by atoms with Gasteiger partial charge in [0.05, 0.1) is 4.92 Å². The molecule has 1 amide bonds. The van der Waals surface area contributed by atoms with Crippen molar-refractivity contribution in [1.82, 2.24) is 9.80 Å². The summed E-state index contributed by atoms with van der Waals surface area (Å²) in [6, 6.07) is 6.59. The number of likely N-dealkylation sites (tertiary alicyclic amines) is 2. The Hall–Kier alpha value is -1.80. The van der Waals surface area contributed by atoms with Crippen LogP contribution in [0.15, 0.2) is 24.3 Å². The molecule has 0 spiro atoms. The number of rotatable bonds is 4. The zero-order valence-electron chi connectivity index (χ0n) is 14.0. The van der Waals surface area contributed by atoms with Crippen LogP contribution in [0.5, 0.6) is 0 Å². The molecule has 0 N–H and O–H groups in total. The molecule has 0 aliphatic carbocycles. The van der Waals surface area contributed by atoms with Crippen molar-refractivity contribution in [3.63, 3.8) is 0 Å². The van der Waals surface area contributed by atoms with E-state index in [2.05, 4.69) is 17.5 Å². The molecule has 7 nitrogen and oxygen atoms in total. The first-order valence-corrected chi connectivity index (χ1v) is 9.11. The second kappa shape index (κ2) is 8.05. The Morgan fingerprint density at radius 1 is 1.20 bits per heavy atom. The largest absolute Gasteiger partial charge is 0.445 e. The fourth-order valence-electron chi connectivity index (χ4n) is 3.46. The predicted molar refractivity (Wildman–Crippen MR) is 96.8 cm³/mol. The summed E-state index contributed by atoms with van der Waals surface area (Å²) in [4.78, 5) is 26.6. The van der Waals surface area contributed by atoms with E-state index >= 15 is 0 Å². The highest BCUT2D eigenvalue weighted by molar-refractivity contribution is 7.81. The SMILES string of the molecule is O=C(OCc1ccc([N+](=O)[O-])cc1)N1CCC(N2CC[C@@H](S)C2)CC1.